The van der Waals surface area contributed by atoms with Crippen molar-refractivity contribution in [3.05, 3.63) is 66.2 Å². The number of hydrogen-bond donors (Lipinski definition) is 2. The largest absolute Gasteiger partial charge is 0.462 e. The zero-order valence-electron chi connectivity index (χ0n) is 41.0. The molecule has 6 aliphatic rings. The summed E-state index contributed by atoms with van der Waals surface area (Å²) in [4.78, 5) is 31.5. The summed E-state index contributed by atoms with van der Waals surface area (Å²) < 4.78 is 56.6. The lowest BCUT2D eigenvalue weighted by atomic mass is 9.62. The number of nitrogens with zero attached hydrogens (tertiary/aromatic N) is 1. The van der Waals surface area contributed by atoms with E-state index in [0.29, 0.717) is 43.4 Å². The maximum absolute atomic E-state index is 15.2. The average Bonchev–Trinajstić information content (AvgIpc) is 3.91. The molecule has 2 saturated carbocycles. The van der Waals surface area contributed by atoms with E-state index in [1.807, 2.05) is 75.4 Å². The summed E-state index contributed by atoms with van der Waals surface area (Å²) >= 11 is 0. The molecule has 3 heterocycles. The van der Waals surface area contributed by atoms with Gasteiger partial charge in [-0.1, -0.05) is 38.1 Å². The number of cyclic esters (lactones) is 1. The number of ether oxygens (including phenoxy) is 9. The third kappa shape index (κ3) is 10.8. The van der Waals surface area contributed by atoms with E-state index in [-0.39, 0.29) is 72.5 Å². The number of carbonyl (C=O) groups is 2. The van der Waals surface area contributed by atoms with Crippen molar-refractivity contribution in [2.75, 3.05) is 40.7 Å². The molecule has 3 saturated heterocycles. The van der Waals surface area contributed by atoms with Crippen molar-refractivity contribution >= 4 is 17.4 Å². The van der Waals surface area contributed by atoms with Gasteiger partial charge >= 0.3 is 5.97 Å². The first-order chi connectivity index (χ1) is 32.3. The molecule has 5 fully saturated rings. The summed E-state index contributed by atoms with van der Waals surface area (Å²) in [7, 11) is 9.06. The van der Waals surface area contributed by atoms with Crippen molar-refractivity contribution in [3.63, 3.8) is 0 Å². The second-order valence-corrected chi connectivity index (χ2v) is 20.2. The minimum absolute atomic E-state index is 0.00231. The van der Waals surface area contributed by atoms with Crippen LogP contribution in [0, 0.1) is 35.5 Å². The van der Waals surface area contributed by atoms with Crippen molar-refractivity contribution in [2.24, 2.45) is 35.5 Å². The smallest absolute Gasteiger partial charge is 0.306 e. The number of nitrogens with one attached hydrogen (secondary N) is 1. The lowest BCUT2D eigenvalue weighted by Gasteiger charge is -2.47. The van der Waals surface area contributed by atoms with E-state index in [1.165, 1.54) is 0 Å². The highest BCUT2D eigenvalue weighted by Crippen LogP contribution is 2.57. The first-order valence-corrected chi connectivity index (χ1v) is 24.9. The molecule has 14 heteroatoms. The fourth-order valence-corrected chi connectivity index (χ4v) is 12.6. The molecule has 67 heavy (non-hydrogen) atoms. The van der Waals surface area contributed by atoms with Crippen molar-refractivity contribution in [2.45, 2.75) is 165 Å². The third-order valence-corrected chi connectivity index (χ3v) is 16.1. The summed E-state index contributed by atoms with van der Waals surface area (Å²) in [6.07, 6.45) is 3.10. The Hall–Kier alpha value is -3.44. The number of Topliss-reactive ketones (excluding diaryl/α,β-unsaturated/α-hetero) is 1. The van der Waals surface area contributed by atoms with Gasteiger partial charge in [-0.15, -0.1) is 0 Å². The second kappa shape index (κ2) is 22.1. The van der Waals surface area contributed by atoms with Crippen LogP contribution in [-0.4, -0.2) is 137 Å². The number of fused-ring (bicyclic) bond motifs is 5. The molecule has 3 aliphatic heterocycles. The van der Waals surface area contributed by atoms with E-state index in [1.54, 1.807) is 21.3 Å². The number of allylic oxidation sites excluding steroid dienone is 2. The Morgan fingerprint density at radius 3 is 2.16 bits per heavy atom. The number of methoxy groups -OCH3 is 3. The first kappa shape index (κ1) is 50.0. The van der Waals surface area contributed by atoms with E-state index < -0.39 is 60.8 Å². The van der Waals surface area contributed by atoms with Gasteiger partial charge < -0.3 is 58.0 Å². The maximum atomic E-state index is 15.2. The Balaban J connectivity index is 1.10. The summed E-state index contributed by atoms with van der Waals surface area (Å²) in [5.74, 6) is -0.744. The molecule has 19 atom stereocenters. The number of rotatable bonds is 13. The predicted molar refractivity (Wildman–Crippen MR) is 251 cm³/mol. The molecular weight excluding hydrogens is 857 g/mol. The molecule has 0 spiro atoms. The molecule has 4 unspecified atom stereocenters. The van der Waals surface area contributed by atoms with Crippen molar-refractivity contribution in [1.29, 1.82) is 0 Å². The Bertz CT molecular complexity index is 1970. The standard InChI is InChI=1S/C53H76N2O12/c1-10-33-17-14-18-43(67-45-24-23-42(55(5)6)30(3)62-45)29(2)48(57)41-27-38-37-25-36(66-53-52(61-9)51(60-8)50(59-7)31(4)63-53)26-40(37)47(49(58)46(38)39(41)28-44(56)65-33)54-32-19-21-35(22-20-32)64-34-15-12-11-13-16-34/h11-13,15-16,19-22,27,29-31,33,36-40,42-43,45-47,49-54,58H,10,14,17-18,23-26,28H2,1-9H3/t29-,30?,31?,33+,36+,37+,38+,39-,40-,42+,43+,45+,46-,47+,49+,50+,51?,52?,53+/m1/s1. The Kier molecular flexibility index (Phi) is 16.5. The molecule has 0 aromatic heterocycles. The molecule has 0 bridgehead atoms. The average molecular weight is 933 g/mol. The maximum Gasteiger partial charge on any atom is 0.306 e. The van der Waals surface area contributed by atoms with E-state index in [0.717, 1.165) is 30.7 Å². The van der Waals surface area contributed by atoms with Crippen LogP contribution in [0.3, 0.4) is 0 Å². The second-order valence-electron chi connectivity index (χ2n) is 20.2. The number of hydrogen-bond acceptors (Lipinski definition) is 14. The van der Waals surface area contributed by atoms with Crippen LogP contribution in [0.25, 0.3) is 0 Å². The number of ketones is 1. The van der Waals surface area contributed by atoms with Gasteiger partial charge in [0.25, 0.3) is 0 Å². The van der Waals surface area contributed by atoms with E-state index in [9.17, 15) is 9.90 Å². The molecule has 3 aliphatic carbocycles. The Morgan fingerprint density at radius 1 is 0.791 bits per heavy atom. The highest BCUT2D eigenvalue weighted by atomic mass is 16.7. The fourth-order valence-electron chi connectivity index (χ4n) is 12.6. The van der Waals surface area contributed by atoms with Gasteiger partial charge in [-0.25, -0.2) is 0 Å². The van der Waals surface area contributed by atoms with E-state index in [4.69, 9.17) is 42.6 Å². The summed E-state index contributed by atoms with van der Waals surface area (Å²) in [5.41, 5.74) is 1.41. The monoisotopic (exact) mass is 933 g/mol. The van der Waals surface area contributed by atoms with Gasteiger partial charge in [0.05, 0.1) is 43.0 Å². The van der Waals surface area contributed by atoms with Crippen LogP contribution in [0.15, 0.2) is 66.2 Å². The topological polar surface area (TPSA) is 153 Å². The first-order valence-electron chi connectivity index (χ1n) is 24.9. The van der Waals surface area contributed by atoms with Gasteiger partial charge in [0.2, 0.25) is 0 Å². The summed E-state index contributed by atoms with van der Waals surface area (Å²) in [6, 6.07) is 17.2. The van der Waals surface area contributed by atoms with Crippen LogP contribution in [0.2, 0.25) is 0 Å². The van der Waals surface area contributed by atoms with Crippen molar-refractivity contribution in [3.8, 4) is 11.5 Å². The van der Waals surface area contributed by atoms with E-state index >= 15 is 4.79 Å². The molecule has 0 radical (unpaired) electrons. The summed E-state index contributed by atoms with van der Waals surface area (Å²) in [6.45, 7) is 8.05. The number of para-hydroxylation sites is 1. The molecule has 2 aromatic carbocycles. The van der Waals surface area contributed by atoms with Crippen LogP contribution in [0.5, 0.6) is 11.5 Å². The molecule has 2 N–H and O–H groups in total. The van der Waals surface area contributed by atoms with Gasteiger partial charge in [-0.3, -0.25) is 9.59 Å². The molecule has 2 aromatic rings. The minimum Gasteiger partial charge on any atom is -0.462 e. The molecular formula is C53H76N2O12. The van der Waals surface area contributed by atoms with Gasteiger partial charge in [0, 0.05) is 50.8 Å². The van der Waals surface area contributed by atoms with Gasteiger partial charge in [-0.2, -0.15) is 0 Å². The summed E-state index contributed by atoms with van der Waals surface area (Å²) in [5, 5.41) is 16.7. The quantitative estimate of drug-likeness (QED) is 0.190. The zero-order valence-corrected chi connectivity index (χ0v) is 41.0. The minimum atomic E-state index is -0.929. The van der Waals surface area contributed by atoms with Crippen LogP contribution >= 0.6 is 0 Å². The van der Waals surface area contributed by atoms with E-state index in [2.05, 4.69) is 37.3 Å². The fraction of sp³-hybridized carbons (Fsp3) is 0.698. The number of esters is 1. The van der Waals surface area contributed by atoms with Crippen molar-refractivity contribution in [1.82, 2.24) is 4.90 Å². The lowest BCUT2D eigenvalue weighted by Crippen LogP contribution is -2.59. The third-order valence-electron chi connectivity index (χ3n) is 16.1. The van der Waals surface area contributed by atoms with Crippen LogP contribution in [0.4, 0.5) is 5.69 Å². The highest BCUT2D eigenvalue weighted by Gasteiger charge is 2.60. The normalized spacial score (nSPS) is 40.4. The number of aliphatic hydroxyl groups excluding tert-OH is 1. The lowest BCUT2D eigenvalue weighted by molar-refractivity contribution is -0.314. The number of anilines is 1. The van der Waals surface area contributed by atoms with Crippen LogP contribution in [0.1, 0.15) is 85.5 Å². The van der Waals surface area contributed by atoms with Crippen LogP contribution < -0.4 is 10.1 Å². The highest BCUT2D eigenvalue weighted by molar-refractivity contribution is 5.99. The SMILES string of the molecule is CC[C@H]1CCC[C@H](O[C@H]2CC[C@H](N(C)C)C(C)O2)[C@@H](C)C(=O)C2=C[C@H]3[C@@H]4C[C@H](O[C@@H]5OC(C)[C@H](OC)C(OC)C5OC)C[C@H]4[C@H](Nc4ccc(Oc5ccccc5)cc4)[C@@H](O)[C@H]3[C@@H]2CC(=O)O1. The number of aliphatic hydroxyl groups is 1. The molecule has 8 rings (SSSR count). The Morgan fingerprint density at radius 2 is 1.49 bits per heavy atom. The number of likely N-dealkylation sites (N-methyl/N-ethyl adjacent to an activating group) is 1. The Labute approximate surface area is 397 Å². The molecule has 370 valence electrons. The van der Waals surface area contributed by atoms with Gasteiger partial charge in [-0.05, 0) is 139 Å². The molecule has 0 amide bonds. The molecule has 14 nitrogen and oxygen atoms in total. The number of carbonyl (C=O) groups excluding carboxylic acids is 2. The zero-order chi connectivity index (χ0) is 47.5. The number of benzene rings is 2. The van der Waals surface area contributed by atoms with Crippen LogP contribution in [-0.2, 0) is 47.5 Å². The van der Waals surface area contributed by atoms with Gasteiger partial charge in [0.1, 0.15) is 35.9 Å². The van der Waals surface area contributed by atoms with Crippen molar-refractivity contribution < 1.29 is 57.3 Å². The van der Waals surface area contributed by atoms with Gasteiger partial charge in [0.15, 0.2) is 18.4 Å². The predicted octanol–water partition coefficient (Wildman–Crippen LogP) is 7.57.